The molecule has 2 aromatic heterocycles. The van der Waals surface area contributed by atoms with Gasteiger partial charge in [-0.1, -0.05) is 0 Å². The number of carbonyl (C=O) groups excluding carboxylic acids is 1. The van der Waals surface area contributed by atoms with Crippen molar-refractivity contribution in [1.29, 1.82) is 0 Å². The van der Waals surface area contributed by atoms with Crippen molar-refractivity contribution >= 4 is 22.5 Å². The van der Waals surface area contributed by atoms with Gasteiger partial charge in [-0.2, -0.15) is 0 Å². The molecule has 0 N–H and O–H groups in total. The Labute approximate surface area is 259 Å². The second-order valence-electron chi connectivity index (χ2n) is 10.3. The number of amides is 1. The second-order valence-corrected chi connectivity index (χ2v) is 10.3. The minimum Gasteiger partial charge on any atom is -0.497 e. The highest BCUT2D eigenvalue weighted by Crippen LogP contribution is 2.29. The largest absolute Gasteiger partial charge is 0.497 e. The Morgan fingerprint density at radius 1 is 0.867 bits per heavy atom. The van der Waals surface area contributed by atoms with Crippen LogP contribution < -0.4 is 24.5 Å². The topological polar surface area (TPSA) is 82.9 Å². The van der Waals surface area contributed by atoms with Gasteiger partial charge in [-0.3, -0.25) is 14.6 Å². The number of nitrogens with zero attached hydrogens (tertiary/aromatic N) is 3. The van der Waals surface area contributed by atoms with Crippen molar-refractivity contribution in [1.82, 2.24) is 9.55 Å². The zero-order valence-electron chi connectivity index (χ0n) is 25.3. The van der Waals surface area contributed by atoms with E-state index in [1.807, 2.05) is 12.1 Å². The number of unbranched alkanes of at least 4 members (excludes halogenated alkanes) is 1. The standard InChI is InChI=1S/C35H33F2N3O5/c1-4-39(26-16-24(36)15-25(37)17-26)35(42)32-22-40(27-18-29(43-2)20-30(19-27)44-3)33-21-28(8-9-31(33)34(32)41)45-14-6-5-7-23-10-12-38-13-11-23/h8-13,15-22H,4-7,14H2,1-3H3. The summed E-state index contributed by atoms with van der Waals surface area (Å²) in [5.74, 6) is -0.820. The Bertz CT molecular complexity index is 1840. The summed E-state index contributed by atoms with van der Waals surface area (Å²) < 4.78 is 46.8. The molecule has 0 saturated carbocycles. The first-order valence-corrected chi connectivity index (χ1v) is 14.5. The number of pyridine rings is 2. The molecule has 0 aliphatic rings. The maximum absolute atomic E-state index is 14.1. The first-order chi connectivity index (χ1) is 21.8. The second kappa shape index (κ2) is 14.0. The van der Waals surface area contributed by atoms with Gasteiger partial charge in [-0.25, -0.2) is 8.78 Å². The van der Waals surface area contributed by atoms with E-state index in [2.05, 4.69) is 4.98 Å². The van der Waals surface area contributed by atoms with Crippen LogP contribution in [0.25, 0.3) is 16.6 Å². The lowest BCUT2D eigenvalue weighted by Crippen LogP contribution is -2.35. The zero-order valence-corrected chi connectivity index (χ0v) is 25.3. The van der Waals surface area contributed by atoms with Crippen molar-refractivity contribution in [2.45, 2.75) is 26.2 Å². The number of ether oxygens (including phenoxy) is 3. The summed E-state index contributed by atoms with van der Waals surface area (Å²) in [5.41, 5.74) is 1.55. The maximum atomic E-state index is 14.1. The molecule has 8 nitrogen and oxygen atoms in total. The molecule has 45 heavy (non-hydrogen) atoms. The normalized spacial score (nSPS) is 11.0. The van der Waals surface area contributed by atoms with Crippen LogP contribution in [0.1, 0.15) is 35.7 Å². The number of aryl methyl sites for hydroxylation is 1. The van der Waals surface area contributed by atoms with Gasteiger partial charge in [0.05, 0.1) is 32.0 Å². The molecule has 0 fully saturated rings. The number of anilines is 1. The molecule has 5 rings (SSSR count). The van der Waals surface area contributed by atoms with Crippen molar-refractivity contribution < 1.29 is 27.8 Å². The SMILES string of the molecule is CCN(C(=O)c1cn(-c2cc(OC)cc(OC)c2)c2cc(OCCCCc3ccncc3)ccc2c1=O)c1cc(F)cc(F)c1. The molecule has 0 radical (unpaired) electrons. The molecule has 0 atom stereocenters. The van der Waals surface area contributed by atoms with Gasteiger partial charge in [0.15, 0.2) is 0 Å². The van der Waals surface area contributed by atoms with E-state index in [0.717, 1.165) is 42.4 Å². The van der Waals surface area contributed by atoms with Crippen LogP contribution in [-0.2, 0) is 6.42 Å². The lowest BCUT2D eigenvalue weighted by molar-refractivity contribution is 0.0987. The molecule has 3 aromatic carbocycles. The molecule has 10 heteroatoms. The number of aromatic nitrogens is 2. The lowest BCUT2D eigenvalue weighted by Gasteiger charge is -2.22. The molecule has 232 valence electrons. The molecule has 0 aliphatic heterocycles. The fourth-order valence-corrected chi connectivity index (χ4v) is 5.15. The summed E-state index contributed by atoms with van der Waals surface area (Å²) >= 11 is 0. The van der Waals surface area contributed by atoms with E-state index >= 15 is 0 Å². The number of carbonyl (C=O) groups is 1. The Kier molecular flexibility index (Phi) is 9.72. The number of halogens is 2. The number of hydrogen-bond acceptors (Lipinski definition) is 6. The van der Waals surface area contributed by atoms with Crippen molar-refractivity contribution in [3.8, 4) is 22.9 Å². The van der Waals surface area contributed by atoms with Crippen LogP contribution in [0.2, 0.25) is 0 Å². The van der Waals surface area contributed by atoms with E-state index in [1.165, 1.54) is 26.0 Å². The van der Waals surface area contributed by atoms with Crippen LogP contribution in [0.5, 0.6) is 17.2 Å². The summed E-state index contributed by atoms with van der Waals surface area (Å²) in [5, 5.41) is 0.258. The Hall–Kier alpha value is -5.25. The first-order valence-electron chi connectivity index (χ1n) is 14.5. The molecule has 0 saturated heterocycles. The highest BCUT2D eigenvalue weighted by Gasteiger charge is 2.23. The van der Waals surface area contributed by atoms with Crippen molar-refractivity contribution in [2.75, 3.05) is 32.3 Å². The number of rotatable bonds is 12. The summed E-state index contributed by atoms with van der Waals surface area (Å²) in [6, 6.07) is 17.1. The summed E-state index contributed by atoms with van der Waals surface area (Å²) in [6.45, 7) is 2.20. The lowest BCUT2D eigenvalue weighted by atomic mass is 10.1. The molecule has 5 aromatic rings. The number of fused-ring (bicyclic) bond motifs is 1. The Morgan fingerprint density at radius 3 is 2.20 bits per heavy atom. The summed E-state index contributed by atoms with van der Waals surface area (Å²) in [7, 11) is 3.05. The third kappa shape index (κ3) is 7.12. The van der Waals surface area contributed by atoms with Gasteiger partial charge in [0.1, 0.15) is 34.4 Å². The predicted molar refractivity (Wildman–Crippen MR) is 169 cm³/mol. The number of benzene rings is 3. The van der Waals surface area contributed by atoms with E-state index in [9.17, 15) is 18.4 Å². The van der Waals surface area contributed by atoms with Crippen LogP contribution in [0.3, 0.4) is 0 Å². The Balaban J connectivity index is 1.54. The van der Waals surface area contributed by atoms with Gasteiger partial charge < -0.3 is 23.7 Å². The third-order valence-electron chi connectivity index (χ3n) is 7.42. The summed E-state index contributed by atoms with van der Waals surface area (Å²) in [6.07, 6.45) is 7.64. The van der Waals surface area contributed by atoms with E-state index in [0.29, 0.717) is 35.1 Å². The van der Waals surface area contributed by atoms with Gasteiger partial charge in [0, 0.05) is 66.5 Å². The van der Waals surface area contributed by atoms with Gasteiger partial charge in [0.25, 0.3) is 5.91 Å². The minimum atomic E-state index is -0.833. The fraction of sp³-hybridized carbons (Fsp3) is 0.229. The third-order valence-corrected chi connectivity index (χ3v) is 7.42. The predicted octanol–water partition coefficient (Wildman–Crippen LogP) is 6.75. The molecule has 0 unspecified atom stereocenters. The van der Waals surface area contributed by atoms with Crippen LogP contribution >= 0.6 is 0 Å². The highest BCUT2D eigenvalue weighted by molar-refractivity contribution is 6.07. The van der Waals surface area contributed by atoms with E-state index < -0.39 is 23.0 Å². The number of hydrogen-bond donors (Lipinski definition) is 0. The smallest absolute Gasteiger partial charge is 0.263 e. The highest BCUT2D eigenvalue weighted by atomic mass is 19.1. The molecule has 1 amide bonds. The average Bonchev–Trinajstić information content (AvgIpc) is 3.04. The van der Waals surface area contributed by atoms with Crippen LogP contribution in [0, 0.1) is 11.6 Å². The van der Waals surface area contributed by atoms with E-state index in [-0.39, 0.29) is 23.2 Å². The Morgan fingerprint density at radius 2 is 1.56 bits per heavy atom. The van der Waals surface area contributed by atoms with Crippen LogP contribution in [0.15, 0.2) is 90.1 Å². The monoisotopic (exact) mass is 613 g/mol. The fourth-order valence-electron chi connectivity index (χ4n) is 5.15. The molecule has 0 bridgehead atoms. The van der Waals surface area contributed by atoms with Crippen molar-refractivity contribution in [2.24, 2.45) is 0 Å². The van der Waals surface area contributed by atoms with E-state index in [1.54, 1.807) is 60.3 Å². The maximum Gasteiger partial charge on any atom is 0.263 e. The van der Waals surface area contributed by atoms with Gasteiger partial charge >= 0.3 is 0 Å². The first kappa shape index (κ1) is 31.2. The molecule has 2 heterocycles. The van der Waals surface area contributed by atoms with Gasteiger partial charge in [-0.05, 0) is 68.1 Å². The van der Waals surface area contributed by atoms with Gasteiger partial charge in [-0.15, -0.1) is 0 Å². The van der Waals surface area contributed by atoms with Crippen LogP contribution in [0.4, 0.5) is 14.5 Å². The van der Waals surface area contributed by atoms with Crippen molar-refractivity contribution in [3.05, 3.63) is 118 Å². The molecule has 0 spiro atoms. The van der Waals surface area contributed by atoms with Gasteiger partial charge in [0.2, 0.25) is 5.43 Å². The minimum absolute atomic E-state index is 0.00164. The number of methoxy groups -OCH3 is 2. The van der Waals surface area contributed by atoms with Crippen LogP contribution in [-0.4, -0.2) is 42.8 Å². The molecular weight excluding hydrogens is 580 g/mol. The summed E-state index contributed by atoms with van der Waals surface area (Å²) in [4.78, 5) is 32.9. The van der Waals surface area contributed by atoms with E-state index in [4.69, 9.17) is 14.2 Å². The van der Waals surface area contributed by atoms with Crippen molar-refractivity contribution in [3.63, 3.8) is 0 Å². The molecular formula is C35H33F2N3O5. The molecule has 0 aliphatic carbocycles. The quantitative estimate of drug-likeness (QED) is 0.145. The average molecular weight is 614 g/mol. The zero-order chi connectivity index (χ0) is 31.9.